The monoisotopic (exact) mass is 307 g/mol. The number of hydrogen-bond donors (Lipinski definition) is 0. The van der Waals surface area contributed by atoms with Crippen LogP contribution in [0.4, 0.5) is 0 Å². The van der Waals surface area contributed by atoms with Gasteiger partial charge < -0.3 is 0 Å². The van der Waals surface area contributed by atoms with Gasteiger partial charge in [0.05, 0.1) is 25.2 Å². The van der Waals surface area contributed by atoms with E-state index in [1.807, 2.05) is 0 Å². The molecule has 0 saturated carbocycles. The normalized spacial score (nSPS) is 11.0. The second kappa shape index (κ2) is 5.65. The summed E-state index contributed by atoms with van der Waals surface area (Å²) >= 11 is 0. The van der Waals surface area contributed by atoms with Crippen molar-refractivity contribution in [1.29, 1.82) is 0 Å². The summed E-state index contributed by atoms with van der Waals surface area (Å²) in [5.74, 6) is 1.24. The van der Waals surface area contributed by atoms with Gasteiger partial charge in [-0.2, -0.15) is 0 Å². The molecule has 0 fully saturated rings. The molecule has 0 saturated heterocycles. The molecule has 3 heteroatoms. The largest absolute Gasteiger partial charge is 0.288 e. The molecule has 0 aliphatic carbocycles. The smallest absolute Gasteiger partial charge is 0.233 e. The molecule has 1 aromatic carbocycles. The molecule has 3 nitrogen and oxygen atoms in total. The third kappa shape index (κ3) is 2.46. The minimum absolute atomic E-state index is 1.24. The van der Waals surface area contributed by atoms with E-state index >= 15 is 0 Å². The third-order valence-electron chi connectivity index (χ3n) is 4.69. The number of aromatic nitrogens is 3. The Morgan fingerprint density at radius 3 is 2.17 bits per heavy atom. The van der Waals surface area contributed by atoms with Crippen LogP contribution in [0.5, 0.6) is 0 Å². The summed E-state index contributed by atoms with van der Waals surface area (Å²) in [4.78, 5) is 0. The molecule has 0 amide bonds. The van der Waals surface area contributed by atoms with Gasteiger partial charge in [-0.25, -0.2) is 13.7 Å². The van der Waals surface area contributed by atoms with Crippen molar-refractivity contribution in [2.75, 3.05) is 0 Å². The molecule has 118 valence electrons. The van der Waals surface area contributed by atoms with Gasteiger partial charge in [-0.1, -0.05) is 6.07 Å². The van der Waals surface area contributed by atoms with Gasteiger partial charge in [-0.15, -0.1) is 0 Å². The Balaban J connectivity index is 2.37. The Kier molecular flexibility index (Phi) is 3.80. The molecule has 0 N–H and O–H groups in total. The molecule has 0 unspecified atom stereocenters. The van der Waals surface area contributed by atoms with Crippen molar-refractivity contribution < 1.29 is 9.13 Å². The summed E-state index contributed by atoms with van der Waals surface area (Å²) in [5.41, 5.74) is 7.88. The van der Waals surface area contributed by atoms with Crippen LogP contribution in [0.25, 0.3) is 22.6 Å². The zero-order valence-electron chi connectivity index (χ0n) is 14.9. The third-order valence-corrected chi connectivity index (χ3v) is 4.69. The Labute approximate surface area is 138 Å². The van der Waals surface area contributed by atoms with Gasteiger partial charge in [-0.3, -0.25) is 0 Å². The van der Waals surface area contributed by atoms with Gasteiger partial charge in [0.25, 0.3) is 5.82 Å². The average Bonchev–Trinajstić information content (AvgIpc) is 2.81. The van der Waals surface area contributed by atoms with Gasteiger partial charge in [0.1, 0.15) is 19.4 Å². The van der Waals surface area contributed by atoms with E-state index in [0.717, 1.165) is 0 Å². The van der Waals surface area contributed by atoms with E-state index in [0.29, 0.717) is 0 Å². The highest BCUT2D eigenvalue weighted by molar-refractivity contribution is 5.77. The van der Waals surface area contributed by atoms with Crippen LogP contribution in [0.2, 0.25) is 0 Å². The number of hydrogen-bond acceptors (Lipinski definition) is 0. The van der Waals surface area contributed by atoms with Gasteiger partial charge in [0.2, 0.25) is 5.69 Å². The number of benzene rings is 1. The average molecular weight is 307 g/mol. The van der Waals surface area contributed by atoms with Crippen LogP contribution < -0.4 is 9.13 Å². The van der Waals surface area contributed by atoms with E-state index in [1.54, 1.807) is 0 Å². The summed E-state index contributed by atoms with van der Waals surface area (Å²) < 4.78 is 6.58. The summed E-state index contributed by atoms with van der Waals surface area (Å²) in [5, 5.41) is 0. The molecule has 23 heavy (non-hydrogen) atoms. The molecule has 3 rings (SSSR count). The van der Waals surface area contributed by atoms with Crippen LogP contribution in [0.1, 0.15) is 16.7 Å². The van der Waals surface area contributed by atoms with Crippen molar-refractivity contribution >= 4 is 0 Å². The first kappa shape index (κ1) is 15.5. The predicted molar refractivity (Wildman–Crippen MR) is 92.8 cm³/mol. The number of imidazole rings is 1. The Hall–Kier alpha value is -2.42. The zero-order valence-corrected chi connectivity index (χ0v) is 14.9. The summed E-state index contributed by atoms with van der Waals surface area (Å²) in [6.07, 6.45) is 6.32. The van der Waals surface area contributed by atoms with Crippen LogP contribution in [0.15, 0.2) is 42.9 Å². The van der Waals surface area contributed by atoms with Gasteiger partial charge >= 0.3 is 0 Å². The Bertz CT molecular complexity index is 869. The lowest BCUT2D eigenvalue weighted by Crippen LogP contribution is -2.31. The highest BCUT2D eigenvalue weighted by Crippen LogP contribution is 2.34. The quantitative estimate of drug-likeness (QED) is 0.646. The van der Waals surface area contributed by atoms with Crippen LogP contribution in [-0.4, -0.2) is 4.57 Å². The minimum Gasteiger partial charge on any atom is -0.233 e. The van der Waals surface area contributed by atoms with Crippen LogP contribution >= 0.6 is 0 Å². The van der Waals surface area contributed by atoms with E-state index < -0.39 is 0 Å². The Morgan fingerprint density at radius 1 is 0.870 bits per heavy atom. The SMILES string of the molecule is Cc1cc(C)c(-c2n(C)cc[n+]2C)c(C)c1-c1cccc[n+]1C. The van der Waals surface area contributed by atoms with E-state index in [9.17, 15) is 0 Å². The van der Waals surface area contributed by atoms with Crippen LogP contribution in [-0.2, 0) is 21.1 Å². The first-order valence-electron chi connectivity index (χ1n) is 7.99. The van der Waals surface area contributed by atoms with Gasteiger partial charge in [0, 0.05) is 12.1 Å². The fraction of sp³-hybridized carbons (Fsp3) is 0.300. The van der Waals surface area contributed by atoms with E-state index in [-0.39, 0.29) is 0 Å². The van der Waals surface area contributed by atoms with E-state index in [4.69, 9.17) is 0 Å². The molecular weight excluding hydrogens is 282 g/mol. The standard InChI is InChI=1S/C20H25N3/c1-14-13-15(2)19(20-22(5)11-12-23(20)6)16(3)18(14)17-9-7-8-10-21(17)4/h7-13H,1-6H3/q+2. The van der Waals surface area contributed by atoms with E-state index in [2.05, 4.69) is 98.5 Å². The maximum absolute atomic E-state index is 2.30. The zero-order chi connectivity index (χ0) is 16.7. The topological polar surface area (TPSA) is 12.7 Å². The first-order valence-corrected chi connectivity index (χ1v) is 7.99. The predicted octanol–water partition coefficient (Wildman–Crippen LogP) is 2.93. The maximum atomic E-state index is 2.30. The highest BCUT2D eigenvalue weighted by Gasteiger charge is 2.25. The number of pyridine rings is 1. The van der Waals surface area contributed by atoms with Crippen molar-refractivity contribution in [2.24, 2.45) is 21.1 Å². The first-order chi connectivity index (χ1) is 10.9. The van der Waals surface area contributed by atoms with Crippen molar-refractivity contribution in [3.63, 3.8) is 0 Å². The summed E-state index contributed by atoms with van der Waals surface area (Å²) in [6, 6.07) is 8.67. The molecule has 0 atom stereocenters. The number of rotatable bonds is 2. The lowest BCUT2D eigenvalue weighted by atomic mass is 9.90. The molecule has 3 aromatic rings. The molecule has 0 aliphatic heterocycles. The van der Waals surface area contributed by atoms with Crippen LogP contribution in [0.3, 0.4) is 0 Å². The highest BCUT2D eigenvalue weighted by atomic mass is 15.1. The minimum atomic E-state index is 1.24. The number of aryl methyl sites for hydroxylation is 5. The van der Waals surface area contributed by atoms with Crippen LogP contribution in [0, 0.1) is 20.8 Å². The van der Waals surface area contributed by atoms with Crippen molar-refractivity contribution in [2.45, 2.75) is 20.8 Å². The molecular formula is C20H25N3+2. The fourth-order valence-corrected chi connectivity index (χ4v) is 3.65. The van der Waals surface area contributed by atoms with Crippen molar-refractivity contribution in [1.82, 2.24) is 4.57 Å². The second-order valence-corrected chi connectivity index (χ2v) is 6.43. The molecule has 2 heterocycles. The Morgan fingerprint density at radius 2 is 1.57 bits per heavy atom. The van der Waals surface area contributed by atoms with Gasteiger partial charge in [0.15, 0.2) is 6.20 Å². The maximum Gasteiger partial charge on any atom is 0.288 e. The fourth-order valence-electron chi connectivity index (χ4n) is 3.65. The number of nitrogens with zero attached hydrogens (tertiary/aromatic N) is 3. The molecule has 0 bridgehead atoms. The molecule has 0 aliphatic rings. The molecule has 0 radical (unpaired) electrons. The van der Waals surface area contributed by atoms with Crippen molar-refractivity contribution in [3.05, 3.63) is 59.5 Å². The van der Waals surface area contributed by atoms with Crippen molar-refractivity contribution in [3.8, 4) is 22.6 Å². The second-order valence-electron chi connectivity index (χ2n) is 6.43. The lowest BCUT2D eigenvalue weighted by molar-refractivity contribution is -0.660. The molecule has 2 aromatic heterocycles. The molecule has 0 spiro atoms. The van der Waals surface area contributed by atoms with E-state index in [1.165, 1.54) is 39.3 Å². The lowest BCUT2D eigenvalue weighted by Gasteiger charge is -2.14. The summed E-state index contributed by atoms with van der Waals surface area (Å²) in [7, 11) is 6.32. The van der Waals surface area contributed by atoms with Gasteiger partial charge in [-0.05, 0) is 43.5 Å². The summed E-state index contributed by atoms with van der Waals surface area (Å²) in [6.45, 7) is 6.65.